The summed E-state index contributed by atoms with van der Waals surface area (Å²) in [5.41, 5.74) is 1.98. The second-order valence-electron chi connectivity index (χ2n) is 2.81. The number of fused-ring (bicyclic) bond motifs is 1. The minimum Gasteiger partial charge on any atom is -0.255 e. The lowest BCUT2D eigenvalue weighted by molar-refractivity contribution is 1.40. The van der Waals surface area contributed by atoms with Gasteiger partial charge in [-0.15, -0.1) is 0 Å². The maximum Gasteiger partial charge on any atom is 0.0858 e. The molecule has 0 fully saturated rings. The molecule has 2 aromatic rings. The van der Waals surface area contributed by atoms with Crippen LogP contribution in [0.3, 0.4) is 0 Å². The van der Waals surface area contributed by atoms with E-state index in [2.05, 4.69) is 16.2 Å². The molecule has 0 N–H and O–H groups in total. The van der Waals surface area contributed by atoms with Gasteiger partial charge in [0.05, 0.1) is 11.1 Å². The normalized spacial score (nSPS) is 9.50. The number of rotatable bonds is 0. The summed E-state index contributed by atoms with van der Waals surface area (Å²) in [6, 6.07) is 10.0. The Balaban J connectivity index is 2.65. The van der Waals surface area contributed by atoms with E-state index in [0.29, 0.717) is 0 Å². The first-order chi connectivity index (χ1) is 6.92. The van der Waals surface area contributed by atoms with Crippen molar-refractivity contribution in [3.05, 3.63) is 42.1 Å². The molecule has 1 aromatic carbocycles. The fourth-order valence-electron chi connectivity index (χ4n) is 1.31. The van der Waals surface area contributed by atoms with Crippen LogP contribution < -0.4 is 0 Å². The highest BCUT2D eigenvalue weighted by atomic mass is 32.2. The smallest absolute Gasteiger partial charge is 0.0858 e. The molecule has 0 aliphatic carbocycles. The Morgan fingerprint density at radius 3 is 2.93 bits per heavy atom. The van der Waals surface area contributed by atoms with Gasteiger partial charge in [-0.1, -0.05) is 35.9 Å². The molecule has 0 amide bonds. The maximum absolute atomic E-state index is 4.32. The van der Waals surface area contributed by atoms with Crippen LogP contribution in [0.2, 0.25) is 0 Å². The molecular weight excluding hydrogens is 190 g/mol. The Hall–Kier alpha value is -1.46. The van der Waals surface area contributed by atoms with E-state index in [1.807, 2.05) is 36.6 Å². The van der Waals surface area contributed by atoms with Crippen LogP contribution >= 0.6 is 11.8 Å². The average Bonchev–Trinajstić information content (AvgIpc) is 2.26. The number of aromatic nitrogens is 1. The van der Waals surface area contributed by atoms with Gasteiger partial charge in [-0.3, -0.25) is 4.98 Å². The second kappa shape index (κ2) is 4.17. The number of para-hydroxylation sites is 1. The van der Waals surface area contributed by atoms with E-state index in [-0.39, 0.29) is 0 Å². The lowest BCUT2D eigenvalue weighted by atomic mass is 10.1. The molecular formula is C12H9NS. The van der Waals surface area contributed by atoms with Gasteiger partial charge in [0, 0.05) is 11.6 Å². The summed E-state index contributed by atoms with van der Waals surface area (Å²) in [5, 5.41) is 4.12. The molecule has 0 bridgehead atoms. The van der Waals surface area contributed by atoms with Crippen molar-refractivity contribution in [1.82, 2.24) is 4.98 Å². The van der Waals surface area contributed by atoms with Gasteiger partial charge in [-0.05, 0) is 23.6 Å². The molecule has 0 radical (unpaired) electrons. The van der Waals surface area contributed by atoms with Crippen LogP contribution in [0, 0.1) is 11.2 Å². The molecule has 2 heteroatoms. The number of hydrogen-bond acceptors (Lipinski definition) is 2. The third-order valence-corrected chi connectivity index (χ3v) is 2.23. The summed E-state index contributed by atoms with van der Waals surface area (Å²) >= 11 is 1.52. The van der Waals surface area contributed by atoms with Crippen LogP contribution in [0.25, 0.3) is 10.9 Å². The molecule has 14 heavy (non-hydrogen) atoms. The van der Waals surface area contributed by atoms with Crippen molar-refractivity contribution in [2.45, 2.75) is 0 Å². The Bertz CT molecular complexity index is 503. The molecule has 0 saturated heterocycles. The first-order valence-electron chi connectivity index (χ1n) is 4.29. The van der Waals surface area contributed by atoms with Gasteiger partial charge < -0.3 is 0 Å². The van der Waals surface area contributed by atoms with Crippen molar-refractivity contribution in [3.8, 4) is 11.2 Å². The van der Waals surface area contributed by atoms with Crippen molar-refractivity contribution in [2.24, 2.45) is 0 Å². The zero-order valence-electron chi connectivity index (χ0n) is 7.82. The quantitative estimate of drug-likeness (QED) is 0.605. The summed E-state index contributed by atoms with van der Waals surface area (Å²) in [5.74, 6) is 3.09. The summed E-state index contributed by atoms with van der Waals surface area (Å²) in [7, 11) is 0. The van der Waals surface area contributed by atoms with Crippen LogP contribution in [0.5, 0.6) is 0 Å². The van der Waals surface area contributed by atoms with Gasteiger partial charge in [0.25, 0.3) is 0 Å². The molecule has 0 unspecified atom stereocenters. The van der Waals surface area contributed by atoms with E-state index in [1.54, 1.807) is 6.20 Å². The minimum absolute atomic E-state index is 0.983. The van der Waals surface area contributed by atoms with Gasteiger partial charge in [-0.25, -0.2) is 0 Å². The highest BCUT2D eigenvalue weighted by Crippen LogP contribution is 2.14. The van der Waals surface area contributed by atoms with E-state index in [1.165, 1.54) is 11.8 Å². The Kier molecular flexibility index (Phi) is 2.71. The Morgan fingerprint density at radius 2 is 2.07 bits per heavy atom. The van der Waals surface area contributed by atoms with Crippen molar-refractivity contribution in [3.63, 3.8) is 0 Å². The summed E-state index contributed by atoms with van der Waals surface area (Å²) in [6.07, 6.45) is 3.76. The lowest BCUT2D eigenvalue weighted by Gasteiger charge is -1.97. The maximum atomic E-state index is 4.32. The predicted molar refractivity (Wildman–Crippen MR) is 62.1 cm³/mol. The fraction of sp³-hybridized carbons (Fsp3) is 0.0833. The van der Waals surface area contributed by atoms with Gasteiger partial charge in [0.2, 0.25) is 0 Å². The first kappa shape index (κ1) is 9.11. The predicted octanol–water partition coefficient (Wildman–Crippen LogP) is 2.91. The molecule has 1 aromatic heterocycles. The highest BCUT2D eigenvalue weighted by molar-refractivity contribution is 8.03. The van der Waals surface area contributed by atoms with E-state index in [9.17, 15) is 0 Å². The third kappa shape index (κ3) is 1.73. The second-order valence-corrected chi connectivity index (χ2v) is 3.42. The first-order valence-corrected chi connectivity index (χ1v) is 5.52. The molecule has 0 saturated carbocycles. The zero-order chi connectivity index (χ0) is 9.80. The molecule has 1 nitrogen and oxygen atoms in total. The van der Waals surface area contributed by atoms with Gasteiger partial charge in [-0.2, -0.15) is 0 Å². The standard InChI is InChI=1S/C12H9NS/c1-14-9-7-11-5-2-4-10-6-3-8-13-12(10)11/h2-6,8H,1H3. The Labute approximate surface area is 87.5 Å². The molecule has 68 valence electrons. The number of benzene rings is 1. The van der Waals surface area contributed by atoms with Gasteiger partial charge >= 0.3 is 0 Å². The van der Waals surface area contributed by atoms with E-state index >= 15 is 0 Å². The monoisotopic (exact) mass is 199 g/mol. The average molecular weight is 199 g/mol. The summed E-state index contributed by atoms with van der Waals surface area (Å²) in [6.45, 7) is 0. The van der Waals surface area contributed by atoms with Gasteiger partial charge in [0.1, 0.15) is 0 Å². The minimum atomic E-state index is 0.983. The summed E-state index contributed by atoms with van der Waals surface area (Å²) in [4.78, 5) is 4.32. The lowest BCUT2D eigenvalue weighted by Crippen LogP contribution is -1.82. The van der Waals surface area contributed by atoms with E-state index < -0.39 is 0 Å². The largest absolute Gasteiger partial charge is 0.255 e. The van der Waals surface area contributed by atoms with Crippen LogP contribution in [0.1, 0.15) is 5.56 Å². The topological polar surface area (TPSA) is 12.9 Å². The van der Waals surface area contributed by atoms with E-state index in [4.69, 9.17) is 0 Å². The number of thioether (sulfide) groups is 1. The van der Waals surface area contributed by atoms with Crippen LogP contribution in [-0.2, 0) is 0 Å². The fourth-order valence-corrected chi connectivity index (χ4v) is 1.52. The molecule has 0 aliphatic rings. The van der Waals surface area contributed by atoms with Crippen molar-refractivity contribution in [1.29, 1.82) is 0 Å². The molecule has 1 heterocycles. The molecule has 0 aliphatic heterocycles. The molecule has 0 atom stereocenters. The van der Waals surface area contributed by atoms with Crippen LogP contribution in [0.4, 0.5) is 0 Å². The van der Waals surface area contributed by atoms with Crippen LogP contribution in [0.15, 0.2) is 36.5 Å². The molecule has 2 rings (SSSR count). The number of nitrogens with zero attached hydrogens (tertiary/aromatic N) is 1. The molecule has 0 spiro atoms. The third-order valence-electron chi connectivity index (χ3n) is 1.92. The number of pyridine rings is 1. The summed E-state index contributed by atoms with van der Waals surface area (Å²) < 4.78 is 0. The number of hydrogen-bond donors (Lipinski definition) is 0. The van der Waals surface area contributed by atoms with E-state index in [0.717, 1.165) is 16.5 Å². The van der Waals surface area contributed by atoms with Crippen molar-refractivity contribution >= 4 is 22.7 Å². The van der Waals surface area contributed by atoms with Crippen LogP contribution in [-0.4, -0.2) is 11.2 Å². The highest BCUT2D eigenvalue weighted by Gasteiger charge is 1.96. The Morgan fingerprint density at radius 1 is 1.21 bits per heavy atom. The van der Waals surface area contributed by atoms with Gasteiger partial charge in [0.15, 0.2) is 0 Å². The van der Waals surface area contributed by atoms with Crippen molar-refractivity contribution < 1.29 is 0 Å². The zero-order valence-corrected chi connectivity index (χ0v) is 8.64. The SMILES string of the molecule is CSC#Cc1cccc2cccnc12. The van der Waals surface area contributed by atoms with Crippen molar-refractivity contribution in [2.75, 3.05) is 6.26 Å².